The minimum atomic E-state index is -0.959. The molecule has 0 aliphatic heterocycles. The van der Waals surface area contributed by atoms with Gasteiger partial charge in [0.1, 0.15) is 0 Å². The standard InChI is InChI=1S/C21H34O2.Na/c1-3-4-5-6-7-8-9-10-11-15-18-21(2,20(22)23)19-16-13-12-14-17-19;/h12-14,16-17H,3-11,15,18H2,1-2H3,(H,22,23);/q;+1/p-1. The molecule has 2 nitrogen and oxygen atoms in total. The van der Waals surface area contributed by atoms with E-state index >= 15 is 0 Å². The van der Waals surface area contributed by atoms with Crippen LogP contribution in [0, 0.1) is 0 Å². The van der Waals surface area contributed by atoms with Gasteiger partial charge >= 0.3 is 29.6 Å². The van der Waals surface area contributed by atoms with Gasteiger partial charge in [-0.1, -0.05) is 108 Å². The normalized spacial score (nSPS) is 13.1. The number of unbranched alkanes of at least 4 members (excludes halogenated alkanes) is 9. The van der Waals surface area contributed by atoms with E-state index in [1.807, 2.05) is 30.3 Å². The molecule has 24 heavy (non-hydrogen) atoms. The molecule has 1 atom stereocenters. The van der Waals surface area contributed by atoms with E-state index in [4.69, 9.17) is 0 Å². The number of carboxylic acid groups (broad SMARTS) is 1. The van der Waals surface area contributed by atoms with Crippen LogP contribution in [0.5, 0.6) is 0 Å². The summed E-state index contributed by atoms with van der Waals surface area (Å²) in [5.41, 5.74) is -0.00237. The third kappa shape index (κ3) is 8.69. The van der Waals surface area contributed by atoms with Gasteiger partial charge in [-0.3, -0.25) is 0 Å². The quantitative estimate of drug-likeness (QED) is 0.407. The molecule has 0 fully saturated rings. The van der Waals surface area contributed by atoms with Crippen molar-refractivity contribution >= 4 is 5.97 Å². The fourth-order valence-electron chi connectivity index (χ4n) is 3.14. The monoisotopic (exact) mass is 340 g/mol. The first-order valence-corrected chi connectivity index (χ1v) is 9.38. The Balaban J connectivity index is 0.00000529. The fraction of sp³-hybridized carbons (Fsp3) is 0.667. The molecule has 1 aromatic carbocycles. The number of benzene rings is 1. The third-order valence-electron chi connectivity index (χ3n) is 4.89. The van der Waals surface area contributed by atoms with Gasteiger partial charge in [-0.15, -0.1) is 0 Å². The van der Waals surface area contributed by atoms with E-state index in [-0.39, 0.29) is 29.6 Å². The SMILES string of the molecule is CCCCCCCCCCCCC(C)(C(=O)[O-])c1ccccc1.[Na+]. The van der Waals surface area contributed by atoms with Crippen molar-refractivity contribution in [2.24, 2.45) is 0 Å². The van der Waals surface area contributed by atoms with Crippen molar-refractivity contribution in [2.45, 2.75) is 89.9 Å². The summed E-state index contributed by atoms with van der Waals surface area (Å²) in [5.74, 6) is -0.959. The van der Waals surface area contributed by atoms with Crippen molar-refractivity contribution in [1.82, 2.24) is 0 Å². The molecule has 1 rings (SSSR count). The topological polar surface area (TPSA) is 40.1 Å². The number of hydrogen-bond donors (Lipinski definition) is 0. The van der Waals surface area contributed by atoms with Gasteiger partial charge in [0, 0.05) is 5.41 Å². The number of carbonyl (C=O) groups is 1. The Morgan fingerprint density at radius 3 is 1.79 bits per heavy atom. The van der Waals surface area contributed by atoms with Crippen molar-refractivity contribution in [2.75, 3.05) is 0 Å². The van der Waals surface area contributed by atoms with Gasteiger partial charge in [-0.25, -0.2) is 0 Å². The number of carbonyl (C=O) groups excluding carboxylic acids is 1. The molecule has 0 aliphatic rings. The van der Waals surface area contributed by atoms with E-state index in [1.54, 1.807) is 6.92 Å². The van der Waals surface area contributed by atoms with E-state index < -0.39 is 11.4 Å². The fourth-order valence-corrected chi connectivity index (χ4v) is 3.14. The molecule has 0 heterocycles. The molecular formula is C21H33NaO2. The van der Waals surface area contributed by atoms with Crippen LogP contribution in [0.15, 0.2) is 30.3 Å². The molecule has 130 valence electrons. The average molecular weight is 340 g/mol. The van der Waals surface area contributed by atoms with Crippen LogP contribution in [-0.4, -0.2) is 5.97 Å². The van der Waals surface area contributed by atoms with E-state index in [2.05, 4.69) is 6.92 Å². The predicted octanol–water partition coefficient (Wildman–Crippen LogP) is 2.01. The zero-order chi connectivity index (χ0) is 17.0. The Labute approximate surface area is 170 Å². The minimum Gasteiger partial charge on any atom is -0.549 e. The summed E-state index contributed by atoms with van der Waals surface area (Å²) in [7, 11) is 0. The number of carboxylic acids is 1. The van der Waals surface area contributed by atoms with E-state index in [0.29, 0.717) is 6.42 Å². The van der Waals surface area contributed by atoms with Gasteiger partial charge in [0.25, 0.3) is 0 Å². The largest absolute Gasteiger partial charge is 1.00 e. The summed E-state index contributed by atoms with van der Waals surface area (Å²) in [4.78, 5) is 11.6. The van der Waals surface area contributed by atoms with Gasteiger partial charge < -0.3 is 9.90 Å². The molecule has 0 spiro atoms. The van der Waals surface area contributed by atoms with Crippen molar-refractivity contribution in [3.05, 3.63) is 35.9 Å². The first-order chi connectivity index (χ1) is 11.1. The van der Waals surface area contributed by atoms with Gasteiger partial charge in [0.15, 0.2) is 0 Å². The second-order valence-electron chi connectivity index (χ2n) is 6.92. The first-order valence-electron chi connectivity index (χ1n) is 9.38. The number of hydrogen-bond acceptors (Lipinski definition) is 2. The Morgan fingerprint density at radius 1 is 0.875 bits per heavy atom. The molecule has 3 heteroatoms. The van der Waals surface area contributed by atoms with Crippen LogP contribution in [-0.2, 0) is 10.2 Å². The van der Waals surface area contributed by atoms with Crippen LogP contribution in [0.4, 0.5) is 0 Å². The van der Waals surface area contributed by atoms with Crippen molar-refractivity contribution in [3.63, 3.8) is 0 Å². The Morgan fingerprint density at radius 2 is 1.33 bits per heavy atom. The van der Waals surface area contributed by atoms with Gasteiger partial charge in [-0.2, -0.15) is 0 Å². The molecular weight excluding hydrogens is 307 g/mol. The average Bonchev–Trinajstić information content (AvgIpc) is 2.57. The van der Waals surface area contributed by atoms with Gasteiger partial charge in [0.2, 0.25) is 0 Å². The van der Waals surface area contributed by atoms with Gasteiger partial charge in [0.05, 0.1) is 5.97 Å². The summed E-state index contributed by atoms with van der Waals surface area (Å²) in [6.45, 7) is 4.04. The van der Waals surface area contributed by atoms with E-state index in [9.17, 15) is 9.90 Å². The Kier molecular flexibility index (Phi) is 13.7. The molecule has 0 saturated heterocycles. The molecule has 0 amide bonds. The smallest absolute Gasteiger partial charge is 0.549 e. The summed E-state index contributed by atoms with van der Waals surface area (Å²) in [6.07, 6.45) is 13.3. The molecule has 1 aromatic rings. The molecule has 0 saturated carbocycles. The Bertz CT molecular complexity index is 433. The maximum Gasteiger partial charge on any atom is 1.00 e. The summed E-state index contributed by atoms with van der Waals surface area (Å²) in [6, 6.07) is 9.50. The molecule has 0 N–H and O–H groups in total. The van der Waals surface area contributed by atoms with Crippen LogP contribution in [0.1, 0.15) is 90.0 Å². The molecule has 0 bridgehead atoms. The Hall–Kier alpha value is -0.310. The van der Waals surface area contributed by atoms with Crippen molar-refractivity contribution < 1.29 is 39.5 Å². The van der Waals surface area contributed by atoms with Crippen LogP contribution in [0.3, 0.4) is 0 Å². The zero-order valence-corrected chi connectivity index (χ0v) is 18.0. The van der Waals surface area contributed by atoms with E-state index in [0.717, 1.165) is 18.4 Å². The maximum absolute atomic E-state index is 11.6. The van der Waals surface area contributed by atoms with Crippen LogP contribution in [0.25, 0.3) is 0 Å². The third-order valence-corrected chi connectivity index (χ3v) is 4.89. The second kappa shape index (κ2) is 13.9. The first kappa shape index (κ1) is 23.7. The van der Waals surface area contributed by atoms with Crippen molar-refractivity contribution in [1.29, 1.82) is 0 Å². The van der Waals surface area contributed by atoms with Crippen LogP contribution < -0.4 is 34.7 Å². The summed E-state index contributed by atoms with van der Waals surface area (Å²) >= 11 is 0. The second-order valence-corrected chi connectivity index (χ2v) is 6.92. The molecule has 0 aliphatic carbocycles. The van der Waals surface area contributed by atoms with Crippen molar-refractivity contribution in [3.8, 4) is 0 Å². The summed E-state index contributed by atoms with van der Waals surface area (Å²) < 4.78 is 0. The predicted molar refractivity (Wildman–Crippen MR) is 95.3 cm³/mol. The van der Waals surface area contributed by atoms with Crippen LogP contribution >= 0.6 is 0 Å². The molecule has 1 unspecified atom stereocenters. The van der Waals surface area contributed by atoms with E-state index in [1.165, 1.54) is 51.4 Å². The van der Waals surface area contributed by atoms with Crippen LogP contribution in [0.2, 0.25) is 0 Å². The number of rotatable bonds is 13. The zero-order valence-electron chi connectivity index (χ0n) is 16.0. The number of aliphatic carboxylic acids is 1. The molecule has 0 radical (unpaired) electrons. The minimum absolute atomic E-state index is 0. The van der Waals surface area contributed by atoms with Gasteiger partial charge in [-0.05, 0) is 12.0 Å². The molecule has 0 aromatic heterocycles. The maximum atomic E-state index is 11.6. The summed E-state index contributed by atoms with van der Waals surface area (Å²) in [5, 5.41) is 11.6.